The first-order chi connectivity index (χ1) is 8.95. The summed E-state index contributed by atoms with van der Waals surface area (Å²) in [5.41, 5.74) is 6.98. The van der Waals surface area contributed by atoms with Gasteiger partial charge in [-0.3, -0.25) is 10.3 Å². The Morgan fingerprint density at radius 2 is 2.05 bits per heavy atom. The van der Waals surface area contributed by atoms with Gasteiger partial charge in [0.15, 0.2) is 0 Å². The van der Waals surface area contributed by atoms with Crippen molar-refractivity contribution in [3.8, 4) is 0 Å². The van der Waals surface area contributed by atoms with Crippen molar-refractivity contribution in [1.82, 2.24) is 4.90 Å². The molecule has 1 aliphatic heterocycles. The SMILES string of the molecule is CC1CN(Cc2ccc(F)cc2C(=N)N)CC(C)S1. The minimum Gasteiger partial charge on any atom is -0.384 e. The van der Waals surface area contributed by atoms with Gasteiger partial charge in [0.05, 0.1) is 0 Å². The Morgan fingerprint density at radius 1 is 1.42 bits per heavy atom. The van der Waals surface area contributed by atoms with Crippen molar-refractivity contribution in [3.63, 3.8) is 0 Å². The summed E-state index contributed by atoms with van der Waals surface area (Å²) in [5, 5.41) is 8.76. The number of hydrogen-bond donors (Lipinski definition) is 2. The summed E-state index contributed by atoms with van der Waals surface area (Å²) in [6, 6.07) is 4.53. The highest BCUT2D eigenvalue weighted by molar-refractivity contribution is 8.00. The van der Waals surface area contributed by atoms with Gasteiger partial charge in [-0.25, -0.2) is 4.39 Å². The molecular weight excluding hydrogens is 261 g/mol. The summed E-state index contributed by atoms with van der Waals surface area (Å²) in [7, 11) is 0. The summed E-state index contributed by atoms with van der Waals surface area (Å²) in [5.74, 6) is -0.410. The van der Waals surface area contributed by atoms with Gasteiger partial charge in [-0.05, 0) is 17.7 Å². The Balaban J connectivity index is 2.16. The third kappa shape index (κ3) is 3.70. The minimum atomic E-state index is -0.343. The molecule has 0 amide bonds. The van der Waals surface area contributed by atoms with Crippen molar-refractivity contribution < 1.29 is 4.39 Å². The number of benzene rings is 1. The Bertz CT molecular complexity index is 468. The van der Waals surface area contributed by atoms with E-state index in [0.717, 1.165) is 25.2 Å². The molecule has 0 saturated carbocycles. The van der Waals surface area contributed by atoms with Crippen molar-refractivity contribution in [1.29, 1.82) is 5.41 Å². The molecule has 0 spiro atoms. The van der Waals surface area contributed by atoms with Crippen LogP contribution in [0, 0.1) is 11.2 Å². The van der Waals surface area contributed by atoms with E-state index in [2.05, 4.69) is 18.7 Å². The number of rotatable bonds is 3. The molecule has 0 aliphatic carbocycles. The van der Waals surface area contributed by atoms with Crippen LogP contribution >= 0.6 is 11.8 Å². The largest absolute Gasteiger partial charge is 0.384 e. The summed E-state index contributed by atoms with van der Waals surface area (Å²) in [6.45, 7) is 7.21. The molecule has 2 unspecified atom stereocenters. The van der Waals surface area contributed by atoms with Gasteiger partial charge in [-0.1, -0.05) is 19.9 Å². The number of nitrogens with one attached hydrogen (secondary N) is 1. The minimum absolute atomic E-state index is 0.0676. The number of thioether (sulfide) groups is 1. The van der Waals surface area contributed by atoms with E-state index in [1.165, 1.54) is 12.1 Å². The number of nitrogen functional groups attached to an aromatic ring is 1. The smallest absolute Gasteiger partial charge is 0.123 e. The molecule has 1 aliphatic rings. The fraction of sp³-hybridized carbons (Fsp3) is 0.500. The molecule has 3 N–H and O–H groups in total. The third-order valence-electron chi connectivity index (χ3n) is 3.25. The zero-order valence-electron chi connectivity index (χ0n) is 11.3. The van der Waals surface area contributed by atoms with Gasteiger partial charge in [0.1, 0.15) is 11.7 Å². The third-order valence-corrected chi connectivity index (χ3v) is 4.48. The van der Waals surface area contributed by atoms with Gasteiger partial charge in [0.2, 0.25) is 0 Å². The summed E-state index contributed by atoms with van der Waals surface area (Å²) in [4.78, 5) is 2.35. The van der Waals surface area contributed by atoms with Gasteiger partial charge in [0, 0.05) is 35.7 Å². The molecule has 5 heteroatoms. The van der Waals surface area contributed by atoms with E-state index in [9.17, 15) is 4.39 Å². The van der Waals surface area contributed by atoms with Crippen LogP contribution in [0.15, 0.2) is 18.2 Å². The number of nitrogens with zero attached hydrogens (tertiary/aromatic N) is 1. The van der Waals surface area contributed by atoms with E-state index in [1.54, 1.807) is 6.07 Å². The monoisotopic (exact) mass is 281 g/mol. The maximum Gasteiger partial charge on any atom is 0.123 e. The molecule has 1 saturated heterocycles. The highest BCUT2D eigenvalue weighted by Crippen LogP contribution is 2.26. The molecule has 0 bridgehead atoms. The molecule has 19 heavy (non-hydrogen) atoms. The van der Waals surface area contributed by atoms with E-state index in [-0.39, 0.29) is 11.7 Å². The zero-order valence-corrected chi connectivity index (χ0v) is 12.1. The van der Waals surface area contributed by atoms with E-state index in [1.807, 2.05) is 11.8 Å². The van der Waals surface area contributed by atoms with Crippen LogP contribution in [0.1, 0.15) is 25.0 Å². The van der Waals surface area contributed by atoms with Gasteiger partial charge in [-0.15, -0.1) is 0 Å². The van der Waals surface area contributed by atoms with Crippen LogP contribution in [0.3, 0.4) is 0 Å². The van der Waals surface area contributed by atoms with Gasteiger partial charge in [0.25, 0.3) is 0 Å². The van der Waals surface area contributed by atoms with Gasteiger partial charge < -0.3 is 5.73 Å². The lowest BCUT2D eigenvalue weighted by atomic mass is 10.1. The lowest BCUT2D eigenvalue weighted by Crippen LogP contribution is -2.40. The van der Waals surface area contributed by atoms with Crippen LogP contribution in [0.4, 0.5) is 4.39 Å². The molecular formula is C14H20FN3S. The number of nitrogens with two attached hydrogens (primary N) is 1. The molecule has 3 nitrogen and oxygen atoms in total. The summed E-state index contributed by atoms with van der Waals surface area (Å²) >= 11 is 2.00. The van der Waals surface area contributed by atoms with E-state index in [4.69, 9.17) is 11.1 Å². The molecule has 2 atom stereocenters. The van der Waals surface area contributed by atoms with E-state index >= 15 is 0 Å². The van der Waals surface area contributed by atoms with Crippen molar-refractivity contribution >= 4 is 17.6 Å². The van der Waals surface area contributed by atoms with Crippen LogP contribution in [0.5, 0.6) is 0 Å². The first-order valence-electron chi connectivity index (χ1n) is 6.46. The number of halogens is 1. The number of hydrogen-bond acceptors (Lipinski definition) is 3. The lowest BCUT2D eigenvalue weighted by molar-refractivity contribution is 0.262. The normalized spacial score (nSPS) is 24.4. The molecule has 0 aromatic heterocycles. The highest BCUT2D eigenvalue weighted by atomic mass is 32.2. The standard InChI is InChI=1S/C14H20FN3S/c1-9-6-18(7-10(2)19-9)8-11-3-4-12(15)5-13(11)14(16)17/h3-5,9-10H,6-8H2,1-2H3,(H3,16,17). The maximum absolute atomic E-state index is 13.2. The second-order valence-electron chi connectivity index (χ2n) is 5.17. The predicted molar refractivity (Wildman–Crippen MR) is 79.2 cm³/mol. The Labute approximate surface area is 117 Å². The molecule has 1 heterocycles. The summed E-state index contributed by atoms with van der Waals surface area (Å²) < 4.78 is 13.2. The molecule has 1 aromatic rings. The van der Waals surface area contributed by atoms with Crippen LogP contribution in [0.25, 0.3) is 0 Å². The molecule has 1 aromatic carbocycles. The van der Waals surface area contributed by atoms with Crippen molar-refractivity contribution in [2.75, 3.05) is 13.1 Å². The highest BCUT2D eigenvalue weighted by Gasteiger charge is 2.23. The average Bonchev–Trinajstić information content (AvgIpc) is 2.30. The Hall–Kier alpha value is -1.07. The average molecular weight is 281 g/mol. The maximum atomic E-state index is 13.2. The fourth-order valence-electron chi connectivity index (χ4n) is 2.59. The Morgan fingerprint density at radius 3 is 2.63 bits per heavy atom. The van der Waals surface area contributed by atoms with Crippen LogP contribution in [0.2, 0.25) is 0 Å². The van der Waals surface area contributed by atoms with Gasteiger partial charge >= 0.3 is 0 Å². The quantitative estimate of drug-likeness (QED) is 0.661. The van der Waals surface area contributed by atoms with Crippen molar-refractivity contribution in [3.05, 3.63) is 35.1 Å². The van der Waals surface area contributed by atoms with Crippen molar-refractivity contribution in [2.45, 2.75) is 30.9 Å². The Kier molecular flexibility index (Phi) is 4.47. The second-order valence-corrected chi connectivity index (χ2v) is 7.05. The molecule has 2 rings (SSSR count). The predicted octanol–water partition coefficient (Wildman–Crippen LogP) is 2.44. The van der Waals surface area contributed by atoms with Crippen LogP contribution < -0.4 is 5.73 Å². The first kappa shape index (κ1) is 14.3. The van der Waals surface area contributed by atoms with Gasteiger partial charge in [-0.2, -0.15) is 11.8 Å². The summed E-state index contributed by atoms with van der Waals surface area (Å²) in [6.07, 6.45) is 0. The topological polar surface area (TPSA) is 53.1 Å². The number of amidine groups is 1. The molecule has 1 fully saturated rings. The lowest BCUT2D eigenvalue weighted by Gasteiger charge is -2.34. The second kappa shape index (κ2) is 5.92. The van der Waals surface area contributed by atoms with E-state index < -0.39 is 0 Å². The molecule has 0 radical (unpaired) electrons. The zero-order chi connectivity index (χ0) is 14.0. The van der Waals surface area contributed by atoms with Crippen molar-refractivity contribution in [2.24, 2.45) is 5.73 Å². The van der Waals surface area contributed by atoms with Crippen LogP contribution in [-0.4, -0.2) is 34.3 Å². The fourth-order valence-corrected chi connectivity index (χ4v) is 3.98. The first-order valence-corrected chi connectivity index (χ1v) is 7.40. The van der Waals surface area contributed by atoms with Crippen LogP contribution in [-0.2, 0) is 6.54 Å². The van der Waals surface area contributed by atoms with E-state index in [0.29, 0.717) is 16.1 Å². The molecule has 104 valence electrons.